The van der Waals surface area contributed by atoms with E-state index in [4.69, 9.17) is 14.2 Å². The zero-order valence-electron chi connectivity index (χ0n) is 19.6. The van der Waals surface area contributed by atoms with Crippen molar-refractivity contribution in [2.75, 3.05) is 0 Å². The summed E-state index contributed by atoms with van der Waals surface area (Å²) in [6, 6.07) is 15.2. The van der Waals surface area contributed by atoms with Crippen LogP contribution in [-0.4, -0.2) is 11.9 Å². The van der Waals surface area contributed by atoms with Crippen LogP contribution in [0.3, 0.4) is 0 Å². The van der Waals surface area contributed by atoms with E-state index in [2.05, 4.69) is 13.2 Å². The third kappa shape index (κ3) is 4.64. The lowest BCUT2D eigenvalue weighted by molar-refractivity contribution is -0.131. The molecular formula is C29H26O5. The van der Waals surface area contributed by atoms with E-state index in [0.29, 0.717) is 40.7 Å². The highest BCUT2D eigenvalue weighted by atomic mass is 16.5. The Morgan fingerprint density at radius 3 is 1.85 bits per heavy atom. The number of aryl methyl sites for hydroxylation is 1. The predicted octanol–water partition coefficient (Wildman–Crippen LogP) is 6.17. The van der Waals surface area contributed by atoms with Crippen molar-refractivity contribution in [1.29, 1.82) is 0 Å². The number of ether oxygens (including phenoxy) is 3. The van der Waals surface area contributed by atoms with Gasteiger partial charge in [0.2, 0.25) is 0 Å². The number of rotatable bonds is 6. The Labute approximate surface area is 199 Å². The smallest absolute Gasteiger partial charge is 0.338 e. The van der Waals surface area contributed by atoms with Crippen molar-refractivity contribution >= 4 is 22.7 Å². The van der Waals surface area contributed by atoms with E-state index in [-0.39, 0.29) is 5.57 Å². The Morgan fingerprint density at radius 1 is 0.794 bits per heavy atom. The summed E-state index contributed by atoms with van der Waals surface area (Å²) in [6.45, 7) is 12.6. The van der Waals surface area contributed by atoms with Gasteiger partial charge >= 0.3 is 11.9 Å². The molecule has 1 aliphatic carbocycles. The average Bonchev–Trinajstić information content (AvgIpc) is 2.82. The molecule has 34 heavy (non-hydrogen) atoms. The molecule has 0 heterocycles. The first-order chi connectivity index (χ1) is 16.2. The molecule has 0 saturated carbocycles. The number of carbonyl (C=O) groups is 2. The minimum atomic E-state index is -0.519. The Hall–Kier alpha value is -4.12. The fourth-order valence-electron chi connectivity index (χ4n) is 3.77. The monoisotopic (exact) mass is 454 g/mol. The van der Waals surface area contributed by atoms with Gasteiger partial charge in [-0.15, -0.1) is 0 Å². The SMILES string of the molecule is C=C(C)C(=O)Oc1c2c(c(OC(=O)C(=C)C)c3ccccc13)CC(Oc1ccc(C)cc1)=CC2. The number of fused-ring (bicyclic) bond motifs is 2. The zero-order chi connectivity index (χ0) is 24.4. The molecule has 4 rings (SSSR count). The van der Waals surface area contributed by atoms with Crippen molar-refractivity contribution in [2.24, 2.45) is 0 Å². The van der Waals surface area contributed by atoms with Gasteiger partial charge in [-0.3, -0.25) is 0 Å². The molecule has 3 aromatic carbocycles. The Balaban J connectivity index is 1.85. The van der Waals surface area contributed by atoms with E-state index in [1.165, 1.54) is 0 Å². The highest BCUT2D eigenvalue weighted by molar-refractivity contribution is 6.01. The fraction of sp³-hybridized carbons (Fsp3) is 0.172. The van der Waals surface area contributed by atoms with E-state index in [1.807, 2.05) is 61.5 Å². The summed E-state index contributed by atoms with van der Waals surface area (Å²) in [6.07, 6.45) is 2.77. The normalized spacial score (nSPS) is 12.4. The summed E-state index contributed by atoms with van der Waals surface area (Å²) in [5, 5.41) is 1.34. The van der Waals surface area contributed by atoms with Gasteiger partial charge in [-0.2, -0.15) is 0 Å². The maximum absolute atomic E-state index is 12.5. The Kier molecular flexibility index (Phi) is 6.37. The first-order valence-corrected chi connectivity index (χ1v) is 11.0. The molecule has 3 aromatic rings. The van der Waals surface area contributed by atoms with Crippen molar-refractivity contribution < 1.29 is 23.8 Å². The molecule has 0 atom stereocenters. The number of carbonyl (C=O) groups excluding carboxylic acids is 2. The van der Waals surface area contributed by atoms with Gasteiger partial charge in [0.1, 0.15) is 23.0 Å². The number of hydrogen-bond acceptors (Lipinski definition) is 5. The van der Waals surface area contributed by atoms with Crippen LogP contribution in [0.4, 0.5) is 0 Å². The lowest BCUT2D eigenvalue weighted by atomic mass is 9.89. The quantitative estimate of drug-likeness (QED) is 0.253. The van der Waals surface area contributed by atoms with Crippen LogP contribution in [0.25, 0.3) is 10.8 Å². The molecule has 5 heteroatoms. The maximum Gasteiger partial charge on any atom is 0.338 e. The molecular weight excluding hydrogens is 428 g/mol. The second-order valence-electron chi connectivity index (χ2n) is 8.47. The molecule has 0 N–H and O–H groups in total. The van der Waals surface area contributed by atoms with Crippen molar-refractivity contribution in [1.82, 2.24) is 0 Å². The van der Waals surface area contributed by atoms with Crippen LogP contribution in [0, 0.1) is 6.92 Å². The average molecular weight is 455 g/mol. The van der Waals surface area contributed by atoms with E-state index in [0.717, 1.165) is 28.2 Å². The maximum atomic E-state index is 12.5. The first kappa shape index (κ1) is 23.1. The van der Waals surface area contributed by atoms with E-state index in [9.17, 15) is 9.59 Å². The summed E-state index contributed by atoms with van der Waals surface area (Å²) in [4.78, 5) is 25.0. The molecule has 0 saturated heterocycles. The number of hydrogen-bond donors (Lipinski definition) is 0. The molecule has 0 aromatic heterocycles. The van der Waals surface area contributed by atoms with Crippen LogP contribution >= 0.6 is 0 Å². The van der Waals surface area contributed by atoms with Gasteiger partial charge in [-0.25, -0.2) is 9.59 Å². The van der Waals surface area contributed by atoms with Crippen LogP contribution in [0.5, 0.6) is 17.2 Å². The molecule has 0 radical (unpaired) electrons. The molecule has 0 aliphatic heterocycles. The summed E-state index contributed by atoms with van der Waals surface area (Å²) in [5.74, 6) is 1.28. The van der Waals surface area contributed by atoms with Crippen molar-refractivity contribution in [2.45, 2.75) is 33.6 Å². The summed E-state index contributed by atoms with van der Waals surface area (Å²) >= 11 is 0. The molecule has 0 amide bonds. The Morgan fingerprint density at radius 2 is 1.32 bits per heavy atom. The second kappa shape index (κ2) is 9.40. The molecule has 172 valence electrons. The van der Waals surface area contributed by atoms with Crippen LogP contribution in [0.15, 0.2) is 84.7 Å². The lowest BCUT2D eigenvalue weighted by Crippen LogP contribution is -2.17. The van der Waals surface area contributed by atoms with Gasteiger partial charge in [-0.05, 0) is 45.4 Å². The van der Waals surface area contributed by atoms with Crippen LogP contribution < -0.4 is 14.2 Å². The Bertz CT molecular complexity index is 1360. The lowest BCUT2D eigenvalue weighted by Gasteiger charge is -2.25. The third-order valence-corrected chi connectivity index (χ3v) is 5.57. The highest BCUT2D eigenvalue weighted by Crippen LogP contribution is 2.44. The van der Waals surface area contributed by atoms with Crippen LogP contribution in [-0.2, 0) is 22.4 Å². The topological polar surface area (TPSA) is 61.8 Å². The van der Waals surface area contributed by atoms with Crippen molar-refractivity contribution in [3.05, 3.63) is 101 Å². The highest BCUT2D eigenvalue weighted by Gasteiger charge is 2.28. The van der Waals surface area contributed by atoms with Crippen LogP contribution in [0.2, 0.25) is 0 Å². The van der Waals surface area contributed by atoms with Gasteiger partial charge in [-0.1, -0.05) is 55.1 Å². The van der Waals surface area contributed by atoms with E-state index in [1.54, 1.807) is 13.8 Å². The summed E-state index contributed by atoms with van der Waals surface area (Å²) in [7, 11) is 0. The third-order valence-electron chi connectivity index (χ3n) is 5.57. The van der Waals surface area contributed by atoms with Crippen molar-refractivity contribution in [3.8, 4) is 17.2 Å². The van der Waals surface area contributed by atoms with Gasteiger partial charge in [0.15, 0.2) is 0 Å². The number of allylic oxidation sites excluding steroid dienone is 2. The standard InChI is InChI=1S/C29H26O5/c1-17(2)28(30)33-26-22-8-6-7-9-23(22)27(34-29(31)18(3)4)25-16-21(14-15-24(25)26)32-20-12-10-19(5)11-13-20/h6-14H,1,3,15-16H2,2,4-5H3. The van der Waals surface area contributed by atoms with Gasteiger partial charge < -0.3 is 14.2 Å². The first-order valence-electron chi connectivity index (χ1n) is 11.0. The van der Waals surface area contributed by atoms with Gasteiger partial charge in [0.05, 0.1) is 0 Å². The molecule has 0 fully saturated rings. The molecule has 5 nitrogen and oxygen atoms in total. The zero-order valence-corrected chi connectivity index (χ0v) is 19.6. The molecule has 0 spiro atoms. The minimum Gasteiger partial charge on any atom is -0.462 e. The minimum absolute atomic E-state index is 0.290. The van der Waals surface area contributed by atoms with Crippen molar-refractivity contribution in [3.63, 3.8) is 0 Å². The van der Waals surface area contributed by atoms with E-state index < -0.39 is 11.9 Å². The van der Waals surface area contributed by atoms with Crippen LogP contribution in [0.1, 0.15) is 30.5 Å². The van der Waals surface area contributed by atoms with E-state index >= 15 is 0 Å². The molecule has 0 bridgehead atoms. The molecule has 1 aliphatic rings. The number of benzene rings is 3. The largest absolute Gasteiger partial charge is 0.462 e. The predicted molar refractivity (Wildman–Crippen MR) is 132 cm³/mol. The summed E-state index contributed by atoms with van der Waals surface area (Å²) < 4.78 is 17.8. The van der Waals surface area contributed by atoms with Gasteiger partial charge in [0.25, 0.3) is 0 Å². The second-order valence-corrected chi connectivity index (χ2v) is 8.47. The molecule has 0 unspecified atom stereocenters. The number of esters is 2. The summed E-state index contributed by atoms with van der Waals surface area (Å²) in [5.41, 5.74) is 3.24. The fourth-order valence-corrected chi connectivity index (χ4v) is 3.77. The van der Waals surface area contributed by atoms with Gasteiger partial charge in [0, 0.05) is 39.5 Å².